The van der Waals surface area contributed by atoms with E-state index in [2.05, 4.69) is 69.2 Å². The standard InChI is InChI=1S/C17H19Br2NO/c1-3-10-21-15-7-4-13(5-8-15)12(2)20-17-11-14(18)6-9-16(17)19/h4-9,11-12,20H,3,10H2,1-2H3. The minimum absolute atomic E-state index is 0.218. The third-order valence-corrected chi connectivity index (χ3v) is 4.34. The van der Waals surface area contributed by atoms with E-state index in [0.29, 0.717) is 0 Å². The van der Waals surface area contributed by atoms with Crippen LogP contribution in [0.1, 0.15) is 31.9 Å². The molecule has 112 valence electrons. The number of rotatable bonds is 6. The number of halogens is 2. The van der Waals surface area contributed by atoms with Gasteiger partial charge in [-0.3, -0.25) is 0 Å². The van der Waals surface area contributed by atoms with Gasteiger partial charge in [0.15, 0.2) is 0 Å². The van der Waals surface area contributed by atoms with Crippen LogP contribution in [0.2, 0.25) is 0 Å². The molecule has 4 heteroatoms. The second-order valence-electron chi connectivity index (χ2n) is 4.91. The summed E-state index contributed by atoms with van der Waals surface area (Å²) in [5, 5.41) is 3.51. The summed E-state index contributed by atoms with van der Waals surface area (Å²) in [5.41, 5.74) is 2.30. The van der Waals surface area contributed by atoms with Gasteiger partial charge in [0, 0.05) is 15.0 Å². The van der Waals surface area contributed by atoms with Gasteiger partial charge in [0.25, 0.3) is 0 Å². The van der Waals surface area contributed by atoms with Crippen molar-refractivity contribution in [2.45, 2.75) is 26.3 Å². The summed E-state index contributed by atoms with van der Waals surface area (Å²) in [6, 6.07) is 14.6. The molecule has 0 saturated heterocycles. The lowest BCUT2D eigenvalue weighted by Crippen LogP contribution is -2.07. The van der Waals surface area contributed by atoms with Crippen molar-refractivity contribution in [2.75, 3.05) is 11.9 Å². The molecule has 0 aliphatic carbocycles. The third-order valence-electron chi connectivity index (χ3n) is 3.15. The average molecular weight is 413 g/mol. The molecule has 0 heterocycles. The highest BCUT2D eigenvalue weighted by Gasteiger charge is 2.08. The molecule has 2 aromatic rings. The summed E-state index contributed by atoms with van der Waals surface area (Å²) in [6.07, 6.45) is 1.02. The summed E-state index contributed by atoms with van der Waals surface area (Å²) in [6.45, 7) is 5.02. The molecular weight excluding hydrogens is 394 g/mol. The molecule has 1 atom stereocenters. The van der Waals surface area contributed by atoms with E-state index < -0.39 is 0 Å². The molecular formula is C17H19Br2NO. The van der Waals surface area contributed by atoms with Gasteiger partial charge in [-0.15, -0.1) is 0 Å². The Morgan fingerprint density at radius 3 is 2.48 bits per heavy atom. The maximum Gasteiger partial charge on any atom is 0.119 e. The smallest absolute Gasteiger partial charge is 0.119 e. The molecule has 0 radical (unpaired) electrons. The molecule has 0 aromatic heterocycles. The molecule has 21 heavy (non-hydrogen) atoms. The zero-order chi connectivity index (χ0) is 15.2. The normalized spacial score (nSPS) is 12.0. The van der Waals surface area contributed by atoms with Crippen LogP contribution in [0.3, 0.4) is 0 Å². The first-order valence-corrected chi connectivity index (χ1v) is 8.63. The van der Waals surface area contributed by atoms with Gasteiger partial charge < -0.3 is 10.1 Å². The largest absolute Gasteiger partial charge is 0.494 e. The Balaban J connectivity index is 2.05. The van der Waals surface area contributed by atoms with Crippen LogP contribution < -0.4 is 10.1 Å². The minimum atomic E-state index is 0.218. The number of anilines is 1. The lowest BCUT2D eigenvalue weighted by molar-refractivity contribution is 0.317. The van der Waals surface area contributed by atoms with Crippen molar-refractivity contribution in [1.82, 2.24) is 0 Å². The molecule has 0 aliphatic rings. The Labute approximate surface area is 143 Å². The van der Waals surface area contributed by atoms with Crippen LogP contribution >= 0.6 is 31.9 Å². The zero-order valence-corrected chi connectivity index (χ0v) is 15.4. The number of ether oxygens (including phenoxy) is 1. The van der Waals surface area contributed by atoms with Gasteiger partial charge in [-0.1, -0.05) is 35.0 Å². The summed E-state index contributed by atoms with van der Waals surface area (Å²) >= 11 is 7.07. The highest BCUT2D eigenvalue weighted by molar-refractivity contribution is 9.11. The first-order chi connectivity index (χ1) is 10.1. The Morgan fingerprint density at radius 1 is 1.10 bits per heavy atom. The lowest BCUT2D eigenvalue weighted by atomic mass is 10.1. The van der Waals surface area contributed by atoms with Gasteiger partial charge in [-0.2, -0.15) is 0 Å². The fourth-order valence-electron chi connectivity index (χ4n) is 2.00. The van der Waals surface area contributed by atoms with E-state index in [-0.39, 0.29) is 6.04 Å². The second kappa shape index (κ2) is 7.85. The van der Waals surface area contributed by atoms with E-state index in [1.54, 1.807) is 0 Å². The molecule has 1 unspecified atom stereocenters. The molecule has 0 amide bonds. The molecule has 0 bridgehead atoms. The predicted molar refractivity (Wildman–Crippen MR) is 96.1 cm³/mol. The lowest BCUT2D eigenvalue weighted by Gasteiger charge is -2.17. The van der Waals surface area contributed by atoms with Crippen molar-refractivity contribution in [3.8, 4) is 5.75 Å². The van der Waals surface area contributed by atoms with Crippen LogP contribution in [0.15, 0.2) is 51.4 Å². The van der Waals surface area contributed by atoms with E-state index in [4.69, 9.17) is 4.74 Å². The van der Waals surface area contributed by atoms with Crippen LogP contribution in [0.4, 0.5) is 5.69 Å². The third kappa shape index (κ3) is 4.75. The molecule has 1 N–H and O–H groups in total. The Bertz CT molecular complexity index is 584. The van der Waals surface area contributed by atoms with Gasteiger partial charge in [-0.05, 0) is 65.2 Å². The maximum atomic E-state index is 5.61. The van der Waals surface area contributed by atoms with Crippen LogP contribution in [0, 0.1) is 0 Å². The fourth-order valence-corrected chi connectivity index (χ4v) is 2.72. The molecule has 0 fully saturated rings. The van der Waals surface area contributed by atoms with Gasteiger partial charge in [0.2, 0.25) is 0 Å². The van der Waals surface area contributed by atoms with Gasteiger partial charge >= 0.3 is 0 Å². The monoisotopic (exact) mass is 411 g/mol. The molecule has 0 aliphatic heterocycles. The molecule has 2 nitrogen and oxygen atoms in total. The summed E-state index contributed by atoms with van der Waals surface area (Å²) in [4.78, 5) is 0. The van der Waals surface area contributed by atoms with Gasteiger partial charge in [-0.25, -0.2) is 0 Å². The molecule has 0 saturated carbocycles. The van der Waals surface area contributed by atoms with Crippen molar-refractivity contribution >= 4 is 37.5 Å². The minimum Gasteiger partial charge on any atom is -0.494 e. The van der Waals surface area contributed by atoms with Crippen molar-refractivity contribution in [3.63, 3.8) is 0 Å². The molecule has 0 spiro atoms. The number of hydrogen-bond donors (Lipinski definition) is 1. The van der Waals surface area contributed by atoms with Crippen LogP contribution in [0.5, 0.6) is 5.75 Å². The predicted octanol–water partition coefficient (Wildman–Crippen LogP) is 6.17. The Kier molecular flexibility index (Phi) is 6.12. The van der Waals surface area contributed by atoms with E-state index in [0.717, 1.165) is 33.4 Å². The van der Waals surface area contributed by atoms with Gasteiger partial charge in [0.05, 0.1) is 12.3 Å². The highest BCUT2D eigenvalue weighted by atomic mass is 79.9. The number of benzene rings is 2. The molecule has 2 aromatic carbocycles. The van der Waals surface area contributed by atoms with Crippen LogP contribution in [0.25, 0.3) is 0 Å². The van der Waals surface area contributed by atoms with Gasteiger partial charge in [0.1, 0.15) is 5.75 Å². The van der Waals surface area contributed by atoms with Crippen LogP contribution in [-0.2, 0) is 0 Å². The fraction of sp³-hybridized carbons (Fsp3) is 0.294. The number of nitrogens with one attached hydrogen (secondary N) is 1. The Hall–Kier alpha value is -1.00. The Morgan fingerprint density at radius 2 is 1.81 bits per heavy atom. The van der Waals surface area contributed by atoms with E-state index >= 15 is 0 Å². The van der Waals surface area contributed by atoms with E-state index in [1.165, 1.54) is 5.56 Å². The molecule has 2 rings (SSSR count). The maximum absolute atomic E-state index is 5.61. The van der Waals surface area contributed by atoms with E-state index in [9.17, 15) is 0 Å². The van der Waals surface area contributed by atoms with Crippen molar-refractivity contribution in [3.05, 3.63) is 57.0 Å². The quantitative estimate of drug-likeness (QED) is 0.612. The summed E-state index contributed by atoms with van der Waals surface area (Å²) in [7, 11) is 0. The van der Waals surface area contributed by atoms with Crippen molar-refractivity contribution in [2.24, 2.45) is 0 Å². The first kappa shape index (κ1) is 16.4. The summed E-state index contributed by atoms with van der Waals surface area (Å²) < 4.78 is 7.72. The highest BCUT2D eigenvalue weighted by Crippen LogP contribution is 2.29. The average Bonchev–Trinajstić information content (AvgIpc) is 2.49. The summed E-state index contributed by atoms with van der Waals surface area (Å²) in [5.74, 6) is 0.927. The number of hydrogen-bond acceptors (Lipinski definition) is 2. The topological polar surface area (TPSA) is 21.3 Å². The second-order valence-corrected chi connectivity index (χ2v) is 6.68. The zero-order valence-electron chi connectivity index (χ0n) is 12.2. The van der Waals surface area contributed by atoms with E-state index in [1.807, 2.05) is 24.3 Å². The van der Waals surface area contributed by atoms with Crippen LogP contribution in [-0.4, -0.2) is 6.61 Å². The SMILES string of the molecule is CCCOc1ccc(C(C)Nc2cc(Br)ccc2Br)cc1. The first-order valence-electron chi connectivity index (χ1n) is 7.04. The van der Waals surface area contributed by atoms with Crippen molar-refractivity contribution < 1.29 is 4.74 Å². The van der Waals surface area contributed by atoms with Crippen molar-refractivity contribution in [1.29, 1.82) is 0 Å².